The topological polar surface area (TPSA) is 80.0 Å². The first-order chi connectivity index (χ1) is 13.1. The molecule has 1 saturated heterocycles. The molecule has 1 fully saturated rings. The van der Waals surface area contributed by atoms with Crippen molar-refractivity contribution in [3.63, 3.8) is 0 Å². The van der Waals surface area contributed by atoms with Gasteiger partial charge in [-0.25, -0.2) is 14.6 Å². The highest BCUT2D eigenvalue weighted by atomic mass is 79.9. The smallest absolute Gasteiger partial charge is 0.255 e. The number of pyridine rings is 1. The SMILES string of the molecule is Cc1nc(N2CCN(C(=O)c3cncc(Br)c3)CC2)cc(-n2cccn2)n1. The number of piperazine rings is 1. The third-order valence-electron chi connectivity index (χ3n) is 4.39. The Balaban J connectivity index is 1.47. The maximum Gasteiger partial charge on any atom is 0.255 e. The van der Waals surface area contributed by atoms with Gasteiger partial charge in [0.25, 0.3) is 5.91 Å². The van der Waals surface area contributed by atoms with Crippen LogP contribution in [0.25, 0.3) is 5.82 Å². The molecule has 1 amide bonds. The van der Waals surface area contributed by atoms with Crippen LogP contribution >= 0.6 is 15.9 Å². The Hall–Kier alpha value is -2.81. The van der Waals surface area contributed by atoms with Crippen LogP contribution in [-0.2, 0) is 0 Å². The van der Waals surface area contributed by atoms with Gasteiger partial charge >= 0.3 is 0 Å². The molecule has 27 heavy (non-hydrogen) atoms. The summed E-state index contributed by atoms with van der Waals surface area (Å²) in [6.07, 6.45) is 6.85. The summed E-state index contributed by atoms with van der Waals surface area (Å²) in [6.45, 7) is 4.55. The quantitative estimate of drug-likeness (QED) is 0.636. The average Bonchev–Trinajstić information content (AvgIpc) is 3.22. The largest absolute Gasteiger partial charge is 0.353 e. The summed E-state index contributed by atoms with van der Waals surface area (Å²) in [7, 11) is 0. The van der Waals surface area contributed by atoms with Crippen molar-refractivity contribution in [1.29, 1.82) is 0 Å². The van der Waals surface area contributed by atoms with Crippen molar-refractivity contribution in [3.8, 4) is 5.82 Å². The number of hydrogen-bond acceptors (Lipinski definition) is 6. The molecule has 0 N–H and O–H groups in total. The first kappa shape index (κ1) is 17.6. The molecule has 138 valence electrons. The monoisotopic (exact) mass is 427 g/mol. The molecule has 4 heterocycles. The van der Waals surface area contributed by atoms with Crippen molar-refractivity contribution in [2.24, 2.45) is 0 Å². The van der Waals surface area contributed by atoms with E-state index in [1.165, 1.54) is 0 Å². The number of hydrogen-bond donors (Lipinski definition) is 0. The zero-order valence-electron chi connectivity index (χ0n) is 14.8. The van der Waals surface area contributed by atoms with E-state index in [-0.39, 0.29) is 5.91 Å². The Morgan fingerprint density at radius 3 is 2.56 bits per heavy atom. The maximum atomic E-state index is 12.7. The van der Waals surface area contributed by atoms with Gasteiger partial charge in [-0.15, -0.1) is 0 Å². The summed E-state index contributed by atoms with van der Waals surface area (Å²) in [5.74, 6) is 2.28. The Morgan fingerprint density at radius 1 is 1.07 bits per heavy atom. The van der Waals surface area contributed by atoms with E-state index in [2.05, 4.69) is 40.9 Å². The van der Waals surface area contributed by atoms with E-state index >= 15 is 0 Å². The predicted molar refractivity (Wildman–Crippen MR) is 104 cm³/mol. The van der Waals surface area contributed by atoms with Gasteiger partial charge in [-0.3, -0.25) is 9.78 Å². The zero-order valence-corrected chi connectivity index (χ0v) is 16.4. The molecule has 0 atom stereocenters. The number of carbonyl (C=O) groups excluding carboxylic acids is 1. The lowest BCUT2D eigenvalue weighted by atomic mass is 10.2. The molecule has 0 bridgehead atoms. The summed E-state index contributed by atoms with van der Waals surface area (Å²) in [6, 6.07) is 5.58. The molecular formula is C18H18BrN7O. The van der Waals surface area contributed by atoms with E-state index in [1.54, 1.807) is 29.3 Å². The van der Waals surface area contributed by atoms with E-state index in [1.807, 2.05) is 30.2 Å². The second-order valence-corrected chi connectivity index (χ2v) is 7.17. The lowest BCUT2D eigenvalue weighted by molar-refractivity contribution is 0.0746. The van der Waals surface area contributed by atoms with Crippen molar-refractivity contribution in [1.82, 2.24) is 29.6 Å². The number of aryl methyl sites for hydroxylation is 1. The maximum absolute atomic E-state index is 12.7. The zero-order chi connectivity index (χ0) is 18.8. The summed E-state index contributed by atoms with van der Waals surface area (Å²) in [5, 5.41) is 4.23. The van der Waals surface area contributed by atoms with Crippen molar-refractivity contribution in [2.45, 2.75) is 6.92 Å². The van der Waals surface area contributed by atoms with Crippen LogP contribution in [0.2, 0.25) is 0 Å². The molecule has 3 aromatic rings. The molecule has 0 spiro atoms. The predicted octanol–water partition coefficient (Wildman–Crippen LogP) is 2.09. The van der Waals surface area contributed by atoms with Gasteiger partial charge in [-0.1, -0.05) is 0 Å². The molecule has 3 aromatic heterocycles. The standard InChI is InChI=1S/C18H18BrN7O/c1-13-22-16(10-17(23-13)26-4-2-3-21-26)24-5-7-25(8-6-24)18(27)14-9-15(19)12-20-11-14/h2-4,9-12H,5-8H2,1H3. The van der Waals surface area contributed by atoms with Crippen molar-refractivity contribution < 1.29 is 4.79 Å². The Bertz CT molecular complexity index is 952. The van der Waals surface area contributed by atoms with Crippen LogP contribution in [0, 0.1) is 6.92 Å². The molecular weight excluding hydrogens is 410 g/mol. The fourth-order valence-corrected chi connectivity index (χ4v) is 3.44. The van der Waals surface area contributed by atoms with Gasteiger partial charge in [-0.2, -0.15) is 5.10 Å². The lowest BCUT2D eigenvalue weighted by Crippen LogP contribution is -2.49. The molecule has 1 aliphatic heterocycles. The molecule has 0 aromatic carbocycles. The van der Waals surface area contributed by atoms with Crippen LogP contribution in [0.1, 0.15) is 16.2 Å². The number of nitrogens with zero attached hydrogens (tertiary/aromatic N) is 7. The Morgan fingerprint density at radius 2 is 1.85 bits per heavy atom. The molecule has 8 nitrogen and oxygen atoms in total. The highest BCUT2D eigenvalue weighted by Gasteiger charge is 2.24. The van der Waals surface area contributed by atoms with Crippen molar-refractivity contribution >= 4 is 27.7 Å². The number of anilines is 1. The van der Waals surface area contributed by atoms with E-state index in [9.17, 15) is 4.79 Å². The van der Waals surface area contributed by atoms with E-state index in [4.69, 9.17) is 0 Å². The summed E-state index contributed by atoms with van der Waals surface area (Å²) in [4.78, 5) is 29.8. The molecule has 1 aliphatic rings. The van der Waals surface area contributed by atoms with Gasteiger partial charge in [0.15, 0.2) is 5.82 Å². The van der Waals surface area contributed by atoms with E-state index in [0.29, 0.717) is 37.6 Å². The minimum atomic E-state index is -0.000418. The molecule has 4 rings (SSSR count). The molecule has 0 saturated carbocycles. The number of aromatic nitrogens is 5. The fourth-order valence-electron chi connectivity index (χ4n) is 3.07. The van der Waals surface area contributed by atoms with Crippen molar-refractivity contribution in [3.05, 3.63) is 58.8 Å². The highest BCUT2D eigenvalue weighted by molar-refractivity contribution is 9.10. The minimum absolute atomic E-state index is 0.000418. The molecule has 9 heteroatoms. The molecule has 0 unspecified atom stereocenters. The lowest BCUT2D eigenvalue weighted by Gasteiger charge is -2.35. The van der Waals surface area contributed by atoms with Gasteiger partial charge in [-0.05, 0) is 35.0 Å². The normalized spacial score (nSPS) is 14.4. The van der Waals surface area contributed by atoms with Crippen LogP contribution < -0.4 is 4.90 Å². The fraction of sp³-hybridized carbons (Fsp3) is 0.278. The average molecular weight is 428 g/mol. The van der Waals surface area contributed by atoms with Gasteiger partial charge in [0, 0.05) is 61.5 Å². The number of rotatable bonds is 3. The summed E-state index contributed by atoms with van der Waals surface area (Å²) < 4.78 is 2.52. The van der Waals surface area contributed by atoms with Gasteiger partial charge < -0.3 is 9.80 Å². The number of amides is 1. The molecule has 0 radical (unpaired) electrons. The Labute approximate surface area is 165 Å². The second kappa shape index (κ2) is 7.43. The van der Waals surface area contributed by atoms with Gasteiger partial charge in [0.2, 0.25) is 0 Å². The Kier molecular flexibility index (Phi) is 4.85. The summed E-state index contributed by atoms with van der Waals surface area (Å²) >= 11 is 3.36. The second-order valence-electron chi connectivity index (χ2n) is 6.25. The third-order valence-corrected chi connectivity index (χ3v) is 4.83. The minimum Gasteiger partial charge on any atom is -0.353 e. The van der Waals surface area contributed by atoms with E-state index < -0.39 is 0 Å². The van der Waals surface area contributed by atoms with Gasteiger partial charge in [0.1, 0.15) is 11.6 Å². The number of carbonyl (C=O) groups is 1. The summed E-state index contributed by atoms with van der Waals surface area (Å²) in [5.41, 5.74) is 0.594. The van der Waals surface area contributed by atoms with Crippen LogP contribution in [-0.4, -0.2) is 61.7 Å². The molecule has 0 aliphatic carbocycles. The first-order valence-electron chi connectivity index (χ1n) is 8.60. The van der Waals surface area contributed by atoms with Crippen LogP contribution in [0.3, 0.4) is 0 Å². The highest BCUT2D eigenvalue weighted by Crippen LogP contribution is 2.18. The first-order valence-corrected chi connectivity index (χ1v) is 9.40. The van der Waals surface area contributed by atoms with Crippen LogP contribution in [0.5, 0.6) is 0 Å². The van der Waals surface area contributed by atoms with E-state index in [0.717, 1.165) is 16.1 Å². The number of halogens is 1. The van der Waals surface area contributed by atoms with Crippen molar-refractivity contribution in [2.75, 3.05) is 31.1 Å². The third kappa shape index (κ3) is 3.82. The van der Waals surface area contributed by atoms with Gasteiger partial charge in [0.05, 0.1) is 5.56 Å². The van der Waals surface area contributed by atoms with Crippen LogP contribution in [0.15, 0.2) is 47.5 Å². The van der Waals surface area contributed by atoms with Crippen LogP contribution in [0.4, 0.5) is 5.82 Å².